The number of nitrogens with two attached hydrogens (primary N) is 1. The standard InChI is InChI=1S/C19H14F2N2O4S2/c20-14-5-1-12(2-6-14)19(13-3-7-15(21)8-4-13)28-18-10-9-16(29(22,26)27)11-17(18)23(24)25/h1-11,19H,(H2,22,26,27). The second-order valence-electron chi connectivity index (χ2n) is 6.03. The molecule has 0 amide bonds. The van der Waals surface area contributed by atoms with E-state index in [1.54, 1.807) is 0 Å². The summed E-state index contributed by atoms with van der Waals surface area (Å²) >= 11 is 1.06. The lowest BCUT2D eigenvalue weighted by Crippen LogP contribution is -2.12. The Labute approximate surface area is 169 Å². The molecule has 3 rings (SSSR count). The minimum atomic E-state index is -4.11. The van der Waals surface area contributed by atoms with Crippen LogP contribution in [0.15, 0.2) is 76.5 Å². The number of halogens is 2. The number of nitro benzene ring substituents is 1. The Hall–Kier alpha value is -2.82. The molecule has 0 saturated carbocycles. The van der Waals surface area contributed by atoms with Crippen molar-refractivity contribution in [2.45, 2.75) is 15.0 Å². The Bertz CT molecular complexity index is 1110. The molecule has 0 aliphatic rings. The fourth-order valence-electron chi connectivity index (χ4n) is 2.65. The van der Waals surface area contributed by atoms with E-state index in [-0.39, 0.29) is 9.79 Å². The van der Waals surface area contributed by atoms with Gasteiger partial charge in [0.05, 0.1) is 20.0 Å². The van der Waals surface area contributed by atoms with E-state index in [0.717, 1.165) is 17.8 Å². The monoisotopic (exact) mass is 436 g/mol. The van der Waals surface area contributed by atoms with Gasteiger partial charge in [-0.25, -0.2) is 22.3 Å². The van der Waals surface area contributed by atoms with E-state index in [0.29, 0.717) is 11.1 Å². The molecule has 0 aliphatic heterocycles. The lowest BCUT2D eigenvalue weighted by molar-refractivity contribution is -0.388. The zero-order valence-electron chi connectivity index (χ0n) is 14.7. The van der Waals surface area contributed by atoms with E-state index in [2.05, 4.69) is 0 Å². The molecule has 0 aliphatic carbocycles. The molecule has 0 radical (unpaired) electrons. The average Bonchev–Trinajstić information content (AvgIpc) is 2.67. The predicted molar refractivity (Wildman–Crippen MR) is 105 cm³/mol. The number of thioether (sulfide) groups is 1. The fourth-order valence-corrected chi connectivity index (χ4v) is 4.42. The molecular weight excluding hydrogens is 422 g/mol. The minimum Gasteiger partial charge on any atom is -0.258 e. The van der Waals surface area contributed by atoms with Crippen molar-refractivity contribution in [1.29, 1.82) is 0 Å². The van der Waals surface area contributed by atoms with Gasteiger partial charge in [-0.1, -0.05) is 24.3 Å². The van der Waals surface area contributed by atoms with E-state index >= 15 is 0 Å². The van der Waals surface area contributed by atoms with Gasteiger partial charge < -0.3 is 0 Å². The van der Waals surface area contributed by atoms with Gasteiger partial charge in [0.15, 0.2) is 0 Å². The second kappa shape index (κ2) is 8.27. The normalized spacial score (nSPS) is 11.6. The maximum atomic E-state index is 13.3. The molecule has 0 atom stereocenters. The zero-order valence-corrected chi connectivity index (χ0v) is 16.3. The van der Waals surface area contributed by atoms with E-state index in [4.69, 9.17) is 5.14 Å². The van der Waals surface area contributed by atoms with Crippen LogP contribution in [0, 0.1) is 21.7 Å². The topological polar surface area (TPSA) is 103 Å². The summed E-state index contributed by atoms with van der Waals surface area (Å²) < 4.78 is 49.7. The molecule has 10 heteroatoms. The molecule has 150 valence electrons. The van der Waals surface area contributed by atoms with Crippen molar-refractivity contribution in [2.24, 2.45) is 5.14 Å². The van der Waals surface area contributed by atoms with Gasteiger partial charge in [0.1, 0.15) is 11.6 Å². The van der Waals surface area contributed by atoms with Crippen molar-refractivity contribution in [2.75, 3.05) is 0 Å². The van der Waals surface area contributed by atoms with Crippen LogP contribution in [-0.4, -0.2) is 13.3 Å². The summed E-state index contributed by atoms with van der Waals surface area (Å²) in [7, 11) is -4.11. The molecule has 3 aromatic carbocycles. The smallest absolute Gasteiger partial charge is 0.258 e. The lowest BCUT2D eigenvalue weighted by Gasteiger charge is -2.18. The average molecular weight is 436 g/mol. The minimum absolute atomic E-state index is 0.182. The number of sulfonamides is 1. The molecular formula is C19H14F2N2O4S2. The highest BCUT2D eigenvalue weighted by atomic mass is 32.2. The van der Waals surface area contributed by atoms with Gasteiger partial charge in [0.25, 0.3) is 5.69 Å². The van der Waals surface area contributed by atoms with Gasteiger partial charge in [-0.15, -0.1) is 11.8 Å². The van der Waals surface area contributed by atoms with Gasteiger partial charge in [0, 0.05) is 6.07 Å². The summed E-state index contributed by atoms with van der Waals surface area (Å²) in [4.78, 5) is 10.6. The SMILES string of the molecule is NS(=O)(=O)c1ccc(SC(c2ccc(F)cc2)c2ccc(F)cc2)c([N+](=O)[O-])c1. The number of nitrogens with zero attached hydrogens (tertiary/aromatic N) is 1. The molecule has 0 unspecified atom stereocenters. The third-order valence-corrected chi connectivity index (χ3v) is 6.34. The molecule has 3 aromatic rings. The molecule has 0 bridgehead atoms. The summed E-state index contributed by atoms with van der Waals surface area (Å²) in [5, 5.41) is 16.0. The maximum absolute atomic E-state index is 13.3. The quantitative estimate of drug-likeness (QED) is 0.350. The first kappa shape index (κ1) is 20.9. The van der Waals surface area contributed by atoms with Gasteiger partial charge in [-0.3, -0.25) is 10.1 Å². The van der Waals surface area contributed by atoms with E-state index in [1.807, 2.05) is 0 Å². The summed E-state index contributed by atoms with van der Waals surface area (Å²) in [6.45, 7) is 0. The van der Waals surface area contributed by atoms with Crippen molar-refractivity contribution >= 4 is 27.5 Å². The van der Waals surface area contributed by atoms with Gasteiger partial charge in [-0.05, 0) is 47.5 Å². The molecule has 29 heavy (non-hydrogen) atoms. The Morgan fingerprint density at radius 2 is 1.38 bits per heavy atom. The fraction of sp³-hybridized carbons (Fsp3) is 0.0526. The first-order chi connectivity index (χ1) is 13.6. The van der Waals surface area contributed by atoms with Crippen LogP contribution < -0.4 is 5.14 Å². The van der Waals surface area contributed by atoms with Crippen LogP contribution in [0.4, 0.5) is 14.5 Å². The van der Waals surface area contributed by atoms with Crippen LogP contribution >= 0.6 is 11.8 Å². The van der Waals surface area contributed by atoms with Crippen LogP contribution in [0.3, 0.4) is 0 Å². The second-order valence-corrected chi connectivity index (χ2v) is 8.74. The van der Waals surface area contributed by atoms with Crippen LogP contribution in [0.2, 0.25) is 0 Å². The summed E-state index contributed by atoms with van der Waals surface area (Å²) in [6, 6.07) is 14.5. The van der Waals surface area contributed by atoms with Crippen LogP contribution in [0.5, 0.6) is 0 Å². The highest BCUT2D eigenvalue weighted by Crippen LogP contribution is 2.44. The molecule has 0 spiro atoms. The van der Waals surface area contributed by atoms with E-state index in [9.17, 15) is 27.3 Å². The van der Waals surface area contributed by atoms with Crippen molar-refractivity contribution < 1.29 is 22.1 Å². The van der Waals surface area contributed by atoms with E-state index in [1.165, 1.54) is 60.7 Å². The zero-order chi connectivity index (χ0) is 21.2. The van der Waals surface area contributed by atoms with Crippen LogP contribution in [-0.2, 0) is 10.0 Å². The van der Waals surface area contributed by atoms with Gasteiger partial charge in [0.2, 0.25) is 10.0 Å². The molecule has 0 fully saturated rings. The molecule has 0 saturated heterocycles. The van der Waals surface area contributed by atoms with Crippen molar-refractivity contribution in [3.05, 3.63) is 99.6 Å². The van der Waals surface area contributed by atoms with Gasteiger partial charge in [-0.2, -0.15) is 0 Å². The highest BCUT2D eigenvalue weighted by Gasteiger charge is 2.24. The Balaban J connectivity index is 2.09. The van der Waals surface area contributed by atoms with Gasteiger partial charge >= 0.3 is 0 Å². The van der Waals surface area contributed by atoms with Crippen molar-refractivity contribution in [1.82, 2.24) is 0 Å². The predicted octanol–water partition coefficient (Wildman–Crippen LogP) is 4.40. The summed E-state index contributed by atoms with van der Waals surface area (Å²) in [5.41, 5.74) is 0.830. The first-order valence-electron chi connectivity index (χ1n) is 8.14. The van der Waals surface area contributed by atoms with Crippen molar-refractivity contribution in [3.63, 3.8) is 0 Å². The summed E-state index contributed by atoms with van der Waals surface area (Å²) in [5.74, 6) is -0.889. The van der Waals surface area contributed by atoms with Crippen molar-refractivity contribution in [3.8, 4) is 0 Å². The first-order valence-corrected chi connectivity index (χ1v) is 10.6. The largest absolute Gasteiger partial charge is 0.284 e. The molecule has 2 N–H and O–H groups in total. The number of rotatable bonds is 6. The Morgan fingerprint density at radius 3 is 1.79 bits per heavy atom. The van der Waals surface area contributed by atoms with E-state index < -0.39 is 37.5 Å². The Kier molecular flexibility index (Phi) is 5.96. The summed E-state index contributed by atoms with van der Waals surface area (Å²) in [6.07, 6.45) is 0. The lowest BCUT2D eigenvalue weighted by atomic mass is 10.0. The van der Waals surface area contributed by atoms with Crippen LogP contribution in [0.25, 0.3) is 0 Å². The number of primary sulfonamides is 1. The third kappa shape index (κ3) is 4.97. The highest BCUT2D eigenvalue weighted by molar-refractivity contribution is 7.99. The number of benzene rings is 3. The third-order valence-electron chi connectivity index (χ3n) is 4.05. The van der Waals surface area contributed by atoms with Crippen LogP contribution in [0.1, 0.15) is 16.4 Å². The number of hydrogen-bond acceptors (Lipinski definition) is 5. The number of nitro groups is 1. The maximum Gasteiger partial charge on any atom is 0.284 e. The number of hydrogen-bond donors (Lipinski definition) is 1. The molecule has 6 nitrogen and oxygen atoms in total. The molecule has 0 heterocycles. The Morgan fingerprint density at radius 1 is 0.897 bits per heavy atom. The molecule has 0 aromatic heterocycles.